The second kappa shape index (κ2) is 4.56. The van der Waals surface area contributed by atoms with E-state index in [0.717, 1.165) is 19.5 Å². The van der Waals surface area contributed by atoms with Gasteiger partial charge >= 0.3 is 0 Å². The van der Waals surface area contributed by atoms with Gasteiger partial charge in [-0.2, -0.15) is 0 Å². The number of likely N-dealkylation sites (tertiary alicyclic amines) is 1. The Hall–Kier alpha value is -0.860. The number of nitrogens with two attached hydrogens (primary N) is 1. The number of hydrogen-bond donors (Lipinski definition) is 1. The summed E-state index contributed by atoms with van der Waals surface area (Å²) < 4.78 is 0. The van der Waals surface area contributed by atoms with Crippen molar-refractivity contribution in [3.63, 3.8) is 0 Å². The Morgan fingerprint density at radius 3 is 2.50 bits per heavy atom. The molecule has 2 N–H and O–H groups in total. The van der Waals surface area contributed by atoms with E-state index in [9.17, 15) is 0 Å². The van der Waals surface area contributed by atoms with Crippen molar-refractivity contribution in [2.75, 3.05) is 13.1 Å². The highest BCUT2D eigenvalue weighted by molar-refractivity contribution is 5.37. The van der Waals surface area contributed by atoms with E-state index in [4.69, 9.17) is 5.73 Å². The molecule has 1 aromatic carbocycles. The minimum absolute atomic E-state index is 0.291. The van der Waals surface area contributed by atoms with E-state index in [1.807, 2.05) is 0 Å². The summed E-state index contributed by atoms with van der Waals surface area (Å²) in [6.45, 7) is 8.84. The van der Waals surface area contributed by atoms with E-state index in [1.54, 1.807) is 0 Å². The molecule has 88 valence electrons. The summed E-state index contributed by atoms with van der Waals surface area (Å²) >= 11 is 0. The summed E-state index contributed by atoms with van der Waals surface area (Å²) in [4.78, 5) is 2.50. The fourth-order valence-electron chi connectivity index (χ4n) is 2.93. The van der Waals surface area contributed by atoms with E-state index < -0.39 is 0 Å². The fourth-order valence-corrected chi connectivity index (χ4v) is 2.93. The minimum atomic E-state index is 0.291. The molecular formula is C14H22N2. The molecule has 0 saturated carbocycles. The first kappa shape index (κ1) is 11.6. The van der Waals surface area contributed by atoms with Crippen LogP contribution in [0.25, 0.3) is 0 Å². The monoisotopic (exact) mass is 218 g/mol. The van der Waals surface area contributed by atoms with Crippen LogP contribution in [0, 0.1) is 13.8 Å². The van der Waals surface area contributed by atoms with Crippen molar-refractivity contribution >= 4 is 0 Å². The summed E-state index contributed by atoms with van der Waals surface area (Å²) in [7, 11) is 0. The second-order valence-electron chi connectivity index (χ2n) is 4.83. The highest BCUT2D eigenvalue weighted by Crippen LogP contribution is 2.34. The van der Waals surface area contributed by atoms with Gasteiger partial charge in [-0.15, -0.1) is 0 Å². The van der Waals surface area contributed by atoms with Gasteiger partial charge in [-0.1, -0.05) is 25.1 Å². The molecule has 1 saturated heterocycles. The maximum atomic E-state index is 6.27. The number of likely N-dealkylation sites (N-methyl/N-ethyl adjacent to an activating group) is 1. The molecule has 16 heavy (non-hydrogen) atoms. The molecule has 2 unspecified atom stereocenters. The predicted molar refractivity (Wildman–Crippen MR) is 68.5 cm³/mol. The third kappa shape index (κ3) is 1.87. The lowest BCUT2D eigenvalue weighted by atomic mass is 9.92. The molecule has 2 rings (SSSR count). The van der Waals surface area contributed by atoms with Crippen LogP contribution in [0.1, 0.15) is 36.1 Å². The van der Waals surface area contributed by atoms with Crippen LogP contribution < -0.4 is 5.73 Å². The Morgan fingerprint density at radius 1 is 1.31 bits per heavy atom. The van der Waals surface area contributed by atoms with Gasteiger partial charge in [-0.05, 0) is 43.5 Å². The lowest BCUT2D eigenvalue weighted by Crippen LogP contribution is -2.32. The lowest BCUT2D eigenvalue weighted by molar-refractivity contribution is 0.259. The normalized spacial score (nSPS) is 26.2. The average Bonchev–Trinajstić information content (AvgIpc) is 2.60. The average molecular weight is 218 g/mol. The van der Waals surface area contributed by atoms with Crippen LogP contribution >= 0.6 is 0 Å². The van der Waals surface area contributed by atoms with Crippen LogP contribution in [-0.4, -0.2) is 24.0 Å². The van der Waals surface area contributed by atoms with Gasteiger partial charge in [0.05, 0.1) is 6.04 Å². The zero-order chi connectivity index (χ0) is 11.7. The van der Waals surface area contributed by atoms with Crippen LogP contribution in [0.5, 0.6) is 0 Å². The molecule has 1 aliphatic rings. The number of aryl methyl sites for hydroxylation is 2. The zero-order valence-corrected chi connectivity index (χ0v) is 10.5. The van der Waals surface area contributed by atoms with Gasteiger partial charge in [-0.25, -0.2) is 0 Å². The summed E-state index contributed by atoms with van der Waals surface area (Å²) in [5.74, 6) is 0. The number of nitrogens with zero attached hydrogens (tertiary/aromatic N) is 1. The van der Waals surface area contributed by atoms with E-state index in [-0.39, 0.29) is 0 Å². The Kier molecular flexibility index (Phi) is 3.31. The molecule has 0 aliphatic carbocycles. The van der Waals surface area contributed by atoms with Gasteiger partial charge in [0.2, 0.25) is 0 Å². The predicted octanol–water partition coefficient (Wildman–Crippen LogP) is 2.40. The second-order valence-corrected chi connectivity index (χ2v) is 4.83. The van der Waals surface area contributed by atoms with Gasteiger partial charge < -0.3 is 5.73 Å². The Morgan fingerprint density at radius 2 is 1.94 bits per heavy atom. The molecule has 2 atom stereocenters. The van der Waals surface area contributed by atoms with Crippen LogP contribution in [0.4, 0.5) is 0 Å². The standard InChI is InChI=1S/C14H22N2/c1-4-16-9-8-12(15)14(16)13-10(2)6-5-7-11(13)3/h5-7,12,14H,4,8-9,15H2,1-3H3. The SMILES string of the molecule is CCN1CCC(N)C1c1c(C)cccc1C. The highest BCUT2D eigenvalue weighted by Gasteiger charge is 2.33. The van der Waals surface area contributed by atoms with Crippen LogP contribution in [-0.2, 0) is 0 Å². The van der Waals surface area contributed by atoms with Crippen molar-refractivity contribution in [3.8, 4) is 0 Å². The van der Waals surface area contributed by atoms with Gasteiger partial charge in [0, 0.05) is 12.6 Å². The van der Waals surface area contributed by atoms with Crippen molar-refractivity contribution in [1.29, 1.82) is 0 Å². The third-order valence-corrected chi connectivity index (χ3v) is 3.79. The number of hydrogen-bond acceptors (Lipinski definition) is 2. The first-order valence-electron chi connectivity index (χ1n) is 6.21. The van der Waals surface area contributed by atoms with Gasteiger partial charge in [0.1, 0.15) is 0 Å². The molecule has 2 nitrogen and oxygen atoms in total. The number of rotatable bonds is 2. The summed E-state index contributed by atoms with van der Waals surface area (Å²) in [6, 6.07) is 7.24. The first-order valence-corrected chi connectivity index (χ1v) is 6.21. The van der Waals surface area contributed by atoms with Crippen molar-refractivity contribution in [1.82, 2.24) is 4.90 Å². The Bertz CT molecular complexity index is 353. The van der Waals surface area contributed by atoms with E-state index >= 15 is 0 Å². The van der Waals surface area contributed by atoms with Crippen molar-refractivity contribution < 1.29 is 0 Å². The largest absolute Gasteiger partial charge is 0.326 e. The van der Waals surface area contributed by atoms with E-state index in [0.29, 0.717) is 12.1 Å². The smallest absolute Gasteiger partial charge is 0.0504 e. The molecule has 1 aromatic rings. The van der Waals surface area contributed by atoms with Gasteiger partial charge in [0.25, 0.3) is 0 Å². The fraction of sp³-hybridized carbons (Fsp3) is 0.571. The molecule has 1 aliphatic heterocycles. The highest BCUT2D eigenvalue weighted by atomic mass is 15.2. The molecule has 0 spiro atoms. The Balaban J connectivity index is 2.42. The summed E-state index contributed by atoms with van der Waals surface area (Å²) in [5.41, 5.74) is 10.5. The van der Waals surface area contributed by atoms with Crippen LogP contribution in [0.3, 0.4) is 0 Å². The summed E-state index contributed by atoms with van der Waals surface area (Å²) in [6.07, 6.45) is 1.12. The molecule has 0 radical (unpaired) electrons. The molecule has 1 heterocycles. The van der Waals surface area contributed by atoms with Crippen molar-refractivity contribution in [2.24, 2.45) is 5.73 Å². The molecule has 0 amide bonds. The van der Waals surface area contributed by atoms with Crippen molar-refractivity contribution in [3.05, 3.63) is 34.9 Å². The first-order chi connectivity index (χ1) is 7.65. The molecule has 0 bridgehead atoms. The third-order valence-electron chi connectivity index (χ3n) is 3.79. The molecular weight excluding hydrogens is 196 g/mol. The maximum Gasteiger partial charge on any atom is 0.0504 e. The van der Waals surface area contributed by atoms with Crippen LogP contribution in [0.2, 0.25) is 0 Å². The van der Waals surface area contributed by atoms with Gasteiger partial charge in [0.15, 0.2) is 0 Å². The van der Waals surface area contributed by atoms with Gasteiger partial charge in [-0.3, -0.25) is 4.90 Å². The number of benzene rings is 1. The Labute approximate surface area is 98.4 Å². The summed E-state index contributed by atoms with van der Waals surface area (Å²) in [5, 5.41) is 0. The minimum Gasteiger partial charge on any atom is -0.326 e. The topological polar surface area (TPSA) is 29.3 Å². The quantitative estimate of drug-likeness (QED) is 0.826. The molecule has 2 heteroatoms. The molecule has 1 fully saturated rings. The van der Waals surface area contributed by atoms with E-state index in [1.165, 1.54) is 16.7 Å². The zero-order valence-electron chi connectivity index (χ0n) is 10.5. The van der Waals surface area contributed by atoms with Crippen molar-refractivity contribution in [2.45, 2.75) is 39.3 Å². The van der Waals surface area contributed by atoms with Crippen LogP contribution in [0.15, 0.2) is 18.2 Å². The van der Waals surface area contributed by atoms with E-state index in [2.05, 4.69) is 43.9 Å². The lowest BCUT2D eigenvalue weighted by Gasteiger charge is -2.28. The molecule has 0 aromatic heterocycles. The maximum absolute atomic E-state index is 6.27.